The van der Waals surface area contributed by atoms with Gasteiger partial charge in [0.2, 0.25) is 5.91 Å². The van der Waals surface area contributed by atoms with Crippen molar-refractivity contribution in [1.82, 2.24) is 4.90 Å². The van der Waals surface area contributed by atoms with Gasteiger partial charge in [-0.1, -0.05) is 48.0 Å². The zero-order valence-electron chi connectivity index (χ0n) is 20.5. The van der Waals surface area contributed by atoms with Crippen molar-refractivity contribution in [2.45, 2.75) is 32.7 Å². The van der Waals surface area contributed by atoms with Gasteiger partial charge in [-0.05, 0) is 61.4 Å². The maximum Gasteiger partial charge on any atom is 0.336 e. The fourth-order valence-corrected chi connectivity index (χ4v) is 4.63. The highest BCUT2D eigenvalue weighted by molar-refractivity contribution is 6.30. The molecule has 1 aliphatic rings. The lowest BCUT2D eigenvalue weighted by atomic mass is 9.83. The average molecular weight is 521 g/mol. The zero-order valence-corrected chi connectivity index (χ0v) is 21.2. The lowest BCUT2D eigenvalue weighted by Crippen LogP contribution is -2.38. The molecule has 3 aromatic rings. The molecular weight excluding hydrogens is 495 g/mol. The van der Waals surface area contributed by atoms with Crippen molar-refractivity contribution >= 4 is 35.1 Å². The lowest BCUT2D eigenvalue weighted by Gasteiger charge is -2.34. The van der Waals surface area contributed by atoms with Gasteiger partial charge in [0.25, 0.3) is 5.91 Å². The second kappa shape index (κ2) is 11.4. The lowest BCUT2D eigenvalue weighted by molar-refractivity contribution is -0.140. The number of hydrogen-bond acceptors (Lipinski definition) is 4. The molecule has 3 aromatic carbocycles. The van der Waals surface area contributed by atoms with E-state index in [4.69, 9.17) is 16.3 Å². The fourth-order valence-electron chi connectivity index (χ4n) is 4.44. The molecule has 1 unspecified atom stereocenters. The molecule has 0 spiro atoms. The summed E-state index contributed by atoms with van der Waals surface area (Å²) in [5.41, 5.74) is 2.72. The molecule has 0 saturated carbocycles. The molecule has 6 nitrogen and oxygen atoms in total. The number of para-hydroxylation sites is 1. The van der Waals surface area contributed by atoms with E-state index in [1.165, 1.54) is 17.0 Å². The number of amides is 2. The maximum absolute atomic E-state index is 14.0. The van der Waals surface area contributed by atoms with Gasteiger partial charge in [-0.15, -0.1) is 0 Å². The van der Waals surface area contributed by atoms with E-state index in [0.717, 1.165) is 5.56 Å². The van der Waals surface area contributed by atoms with Crippen LogP contribution < -0.4 is 5.32 Å². The van der Waals surface area contributed by atoms with Gasteiger partial charge in [0.05, 0.1) is 24.4 Å². The van der Waals surface area contributed by atoms with Crippen LogP contribution >= 0.6 is 11.6 Å². The first kappa shape index (κ1) is 26.1. The summed E-state index contributed by atoms with van der Waals surface area (Å²) in [5, 5.41) is 3.08. The molecule has 1 heterocycles. The molecule has 0 saturated heterocycles. The van der Waals surface area contributed by atoms with Crippen molar-refractivity contribution in [3.05, 3.63) is 112 Å². The van der Waals surface area contributed by atoms with E-state index in [1.54, 1.807) is 68.4 Å². The molecule has 37 heavy (non-hydrogen) atoms. The smallest absolute Gasteiger partial charge is 0.336 e. The SMILES string of the molecule is CCOC(=O)C1=C(C)N(Cc2cccc(C(=O)Nc3ccccc3F)c2)C(=O)CC1c1cccc(Cl)c1. The van der Waals surface area contributed by atoms with E-state index in [2.05, 4.69) is 5.32 Å². The van der Waals surface area contributed by atoms with Crippen molar-refractivity contribution in [3.63, 3.8) is 0 Å². The molecule has 1 atom stereocenters. The molecule has 0 fully saturated rings. The molecular formula is C29H26ClFN2O4. The van der Waals surface area contributed by atoms with Crippen LogP contribution in [-0.4, -0.2) is 29.3 Å². The van der Waals surface area contributed by atoms with Gasteiger partial charge < -0.3 is 15.0 Å². The number of hydrogen-bond donors (Lipinski definition) is 1. The Balaban J connectivity index is 1.63. The normalized spacial score (nSPS) is 15.5. The topological polar surface area (TPSA) is 75.7 Å². The first-order valence-corrected chi connectivity index (χ1v) is 12.2. The predicted octanol–water partition coefficient (Wildman–Crippen LogP) is 6.08. The third kappa shape index (κ3) is 5.89. The van der Waals surface area contributed by atoms with Gasteiger partial charge in [0.1, 0.15) is 5.82 Å². The summed E-state index contributed by atoms with van der Waals surface area (Å²) in [4.78, 5) is 40.5. The van der Waals surface area contributed by atoms with Crippen LogP contribution in [0.2, 0.25) is 5.02 Å². The summed E-state index contributed by atoms with van der Waals surface area (Å²) >= 11 is 6.18. The van der Waals surface area contributed by atoms with Gasteiger partial charge in [0.15, 0.2) is 0 Å². The fraction of sp³-hybridized carbons (Fsp3) is 0.207. The number of nitrogens with one attached hydrogen (secondary N) is 1. The van der Waals surface area contributed by atoms with Crippen molar-refractivity contribution in [3.8, 4) is 0 Å². The van der Waals surface area contributed by atoms with Crippen LogP contribution in [0.25, 0.3) is 0 Å². The van der Waals surface area contributed by atoms with Crippen LogP contribution in [0.15, 0.2) is 84.1 Å². The second-order valence-electron chi connectivity index (χ2n) is 8.65. The predicted molar refractivity (Wildman–Crippen MR) is 139 cm³/mol. The van der Waals surface area contributed by atoms with Crippen LogP contribution in [0.4, 0.5) is 10.1 Å². The Hall–Kier alpha value is -3.97. The van der Waals surface area contributed by atoms with Gasteiger partial charge in [-0.3, -0.25) is 9.59 Å². The standard InChI is InChI=1S/C29H26ClFN2O4/c1-3-37-29(36)27-18(2)33(26(34)16-23(27)20-9-7-11-22(30)15-20)17-19-8-6-10-21(14-19)28(35)32-25-13-5-4-12-24(25)31/h4-15,23H,3,16-17H2,1-2H3,(H,32,35). The number of halogens is 2. The Bertz CT molecular complexity index is 1390. The van der Waals surface area contributed by atoms with E-state index in [1.807, 2.05) is 6.07 Å². The number of nitrogens with zero attached hydrogens (tertiary/aromatic N) is 1. The highest BCUT2D eigenvalue weighted by atomic mass is 35.5. The quantitative estimate of drug-likeness (QED) is 0.383. The number of ether oxygens (including phenoxy) is 1. The Morgan fingerprint density at radius 3 is 2.57 bits per heavy atom. The van der Waals surface area contributed by atoms with Gasteiger partial charge in [0, 0.05) is 28.6 Å². The summed E-state index contributed by atoms with van der Waals surface area (Å²) in [7, 11) is 0. The zero-order chi connectivity index (χ0) is 26.5. The second-order valence-corrected chi connectivity index (χ2v) is 9.08. The van der Waals surface area contributed by atoms with Crippen LogP contribution in [0.3, 0.4) is 0 Å². The Labute approximate surface area is 219 Å². The number of anilines is 1. The molecule has 190 valence electrons. The van der Waals surface area contributed by atoms with E-state index in [0.29, 0.717) is 27.4 Å². The largest absolute Gasteiger partial charge is 0.463 e. The molecule has 8 heteroatoms. The molecule has 2 amide bonds. The minimum atomic E-state index is -0.535. The van der Waals surface area contributed by atoms with Crippen LogP contribution in [-0.2, 0) is 20.9 Å². The third-order valence-electron chi connectivity index (χ3n) is 6.22. The first-order chi connectivity index (χ1) is 17.8. The number of benzene rings is 3. The summed E-state index contributed by atoms with van der Waals surface area (Å²) in [6, 6.07) is 19.7. The Kier molecular flexibility index (Phi) is 8.04. The number of carbonyl (C=O) groups excluding carboxylic acids is 3. The van der Waals surface area contributed by atoms with Crippen molar-refractivity contribution in [2.24, 2.45) is 0 Å². The number of allylic oxidation sites excluding steroid dienone is 1. The Morgan fingerprint density at radius 1 is 1.08 bits per heavy atom. The van der Waals surface area contributed by atoms with Gasteiger partial charge in [-0.25, -0.2) is 9.18 Å². The highest BCUT2D eigenvalue weighted by Gasteiger charge is 2.37. The molecule has 0 aromatic heterocycles. The van der Waals surface area contributed by atoms with Crippen molar-refractivity contribution in [2.75, 3.05) is 11.9 Å². The van der Waals surface area contributed by atoms with E-state index in [-0.39, 0.29) is 31.2 Å². The minimum Gasteiger partial charge on any atom is -0.463 e. The maximum atomic E-state index is 14.0. The summed E-state index contributed by atoms with van der Waals surface area (Å²) < 4.78 is 19.3. The van der Waals surface area contributed by atoms with E-state index in [9.17, 15) is 18.8 Å². The molecule has 0 bridgehead atoms. The first-order valence-electron chi connectivity index (χ1n) is 11.9. The van der Waals surface area contributed by atoms with E-state index >= 15 is 0 Å². The summed E-state index contributed by atoms with van der Waals surface area (Å²) in [6.45, 7) is 3.79. The van der Waals surface area contributed by atoms with E-state index < -0.39 is 23.6 Å². The third-order valence-corrected chi connectivity index (χ3v) is 6.46. The van der Waals surface area contributed by atoms with Crippen molar-refractivity contribution in [1.29, 1.82) is 0 Å². The molecule has 1 N–H and O–H groups in total. The van der Waals surface area contributed by atoms with Crippen molar-refractivity contribution < 1.29 is 23.5 Å². The summed E-state index contributed by atoms with van der Waals surface area (Å²) in [5.74, 6) is -2.15. The van der Waals surface area contributed by atoms with Gasteiger partial charge in [-0.2, -0.15) is 0 Å². The van der Waals surface area contributed by atoms with Gasteiger partial charge >= 0.3 is 5.97 Å². The molecule has 1 aliphatic heterocycles. The molecule has 4 rings (SSSR count). The minimum absolute atomic E-state index is 0.0687. The molecule has 0 radical (unpaired) electrons. The molecule has 0 aliphatic carbocycles. The Morgan fingerprint density at radius 2 is 1.84 bits per heavy atom. The van der Waals surface area contributed by atoms with Crippen LogP contribution in [0.5, 0.6) is 0 Å². The van der Waals surface area contributed by atoms with Crippen LogP contribution in [0, 0.1) is 5.82 Å². The van der Waals surface area contributed by atoms with Crippen LogP contribution in [0.1, 0.15) is 47.7 Å². The number of carbonyl (C=O) groups is 3. The summed E-state index contributed by atoms with van der Waals surface area (Å²) in [6.07, 6.45) is 0.0687. The number of esters is 1. The monoisotopic (exact) mass is 520 g/mol. The number of rotatable bonds is 7. The highest BCUT2D eigenvalue weighted by Crippen LogP contribution is 2.38. The average Bonchev–Trinajstić information content (AvgIpc) is 2.88.